The number of hydrogen-bond acceptors (Lipinski definition) is 5. The maximum Gasteiger partial charge on any atom is 0.122 e. The van der Waals surface area contributed by atoms with E-state index >= 15 is 0 Å². The number of nitrogens with zero attached hydrogens (tertiary/aromatic N) is 1. The van der Waals surface area contributed by atoms with E-state index in [0.717, 1.165) is 37.6 Å². The highest BCUT2D eigenvalue weighted by Gasteiger charge is 2.22. The normalized spacial score (nSPS) is 20.9. The Hall–Kier alpha value is -1.59. The molecule has 0 saturated heterocycles. The van der Waals surface area contributed by atoms with E-state index in [1.54, 1.807) is 0 Å². The lowest BCUT2D eigenvalue weighted by Crippen LogP contribution is -2.24. The van der Waals surface area contributed by atoms with Gasteiger partial charge in [0.2, 0.25) is 0 Å². The van der Waals surface area contributed by atoms with Crippen molar-refractivity contribution in [1.29, 1.82) is 0 Å². The molecule has 2 aliphatic rings. The molecule has 0 radical (unpaired) electrons. The Bertz CT molecular complexity index is 488. The lowest BCUT2D eigenvalue weighted by Gasteiger charge is -2.11. The van der Waals surface area contributed by atoms with Crippen LogP contribution in [0, 0.1) is 0 Å². The molecule has 5 heteroatoms. The van der Waals surface area contributed by atoms with Crippen molar-refractivity contribution in [3.63, 3.8) is 0 Å². The molecule has 0 bridgehead atoms. The Kier molecular flexibility index (Phi) is 3.66. The standard InChI is InChI=1S/C14H18N2O3/c17-4-6-19-16-14-8-12(9-15-14)10-1-2-13-11(7-10)3-5-18-13/h1-2,7,12,17H,3-6,8-9H2,(H,15,16)/t12-/m0/s1. The molecule has 3 rings (SSSR count). The molecular weight excluding hydrogens is 244 g/mol. The Labute approximate surface area is 112 Å². The van der Waals surface area contributed by atoms with Crippen LogP contribution in [-0.4, -0.2) is 37.3 Å². The predicted molar refractivity (Wildman–Crippen MR) is 71.5 cm³/mol. The van der Waals surface area contributed by atoms with Gasteiger partial charge in [-0.2, -0.15) is 0 Å². The third-order valence-corrected chi connectivity index (χ3v) is 3.51. The minimum Gasteiger partial charge on any atom is -0.493 e. The van der Waals surface area contributed by atoms with Crippen LogP contribution in [0.5, 0.6) is 5.75 Å². The fourth-order valence-corrected chi connectivity index (χ4v) is 2.52. The number of benzene rings is 1. The summed E-state index contributed by atoms with van der Waals surface area (Å²) in [4.78, 5) is 9.50. The third-order valence-electron chi connectivity index (χ3n) is 3.51. The number of ether oxygens (including phenoxy) is 1. The molecular formula is C14H18N2O3. The zero-order chi connectivity index (χ0) is 13.1. The van der Waals surface area contributed by atoms with E-state index in [1.165, 1.54) is 11.1 Å². The first kappa shape index (κ1) is 12.4. The summed E-state index contributed by atoms with van der Waals surface area (Å²) in [5.74, 6) is 2.29. The second-order valence-corrected chi connectivity index (χ2v) is 4.83. The molecule has 2 heterocycles. The van der Waals surface area contributed by atoms with Crippen molar-refractivity contribution in [2.75, 3.05) is 26.4 Å². The summed E-state index contributed by atoms with van der Waals surface area (Å²) < 4.78 is 5.52. The van der Waals surface area contributed by atoms with Gasteiger partial charge < -0.3 is 9.84 Å². The van der Waals surface area contributed by atoms with Gasteiger partial charge >= 0.3 is 0 Å². The van der Waals surface area contributed by atoms with Gasteiger partial charge in [0.1, 0.15) is 11.6 Å². The quantitative estimate of drug-likeness (QED) is 0.628. The number of aliphatic imine (C=N–C) groups is 1. The second-order valence-electron chi connectivity index (χ2n) is 4.83. The van der Waals surface area contributed by atoms with E-state index in [1.807, 2.05) is 0 Å². The lowest BCUT2D eigenvalue weighted by molar-refractivity contribution is 0.0525. The van der Waals surface area contributed by atoms with E-state index in [2.05, 4.69) is 28.7 Å². The van der Waals surface area contributed by atoms with Crippen LogP contribution in [-0.2, 0) is 11.3 Å². The van der Waals surface area contributed by atoms with Crippen molar-refractivity contribution in [2.45, 2.75) is 18.8 Å². The van der Waals surface area contributed by atoms with Crippen molar-refractivity contribution >= 4 is 5.84 Å². The molecule has 1 aromatic carbocycles. The van der Waals surface area contributed by atoms with E-state index in [-0.39, 0.29) is 13.2 Å². The molecule has 0 unspecified atom stereocenters. The fraction of sp³-hybridized carbons (Fsp3) is 0.500. The number of hydrogen-bond donors (Lipinski definition) is 2. The Morgan fingerprint density at radius 3 is 3.32 bits per heavy atom. The molecule has 2 N–H and O–H groups in total. The van der Waals surface area contributed by atoms with Crippen LogP contribution < -0.4 is 10.2 Å². The summed E-state index contributed by atoms with van der Waals surface area (Å²) in [6.45, 7) is 1.86. The Morgan fingerprint density at radius 2 is 2.42 bits per heavy atom. The highest BCUT2D eigenvalue weighted by molar-refractivity contribution is 5.83. The predicted octanol–water partition coefficient (Wildman–Crippen LogP) is 1.02. The summed E-state index contributed by atoms with van der Waals surface area (Å²) in [5.41, 5.74) is 5.41. The number of aliphatic hydroxyl groups is 1. The van der Waals surface area contributed by atoms with Gasteiger partial charge in [-0.25, -0.2) is 0 Å². The number of fused-ring (bicyclic) bond motifs is 1. The van der Waals surface area contributed by atoms with Crippen molar-refractivity contribution in [3.05, 3.63) is 29.3 Å². The fourth-order valence-electron chi connectivity index (χ4n) is 2.52. The first-order chi connectivity index (χ1) is 9.36. The van der Waals surface area contributed by atoms with Crippen LogP contribution >= 0.6 is 0 Å². The maximum atomic E-state index is 8.64. The summed E-state index contributed by atoms with van der Waals surface area (Å²) in [6.07, 6.45) is 1.85. The smallest absolute Gasteiger partial charge is 0.122 e. The number of amidine groups is 1. The highest BCUT2D eigenvalue weighted by atomic mass is 16.6. The molecule has 0 amide bonds. The van der Waals surface area contributed by atoms with Crippen LogP contribution in [0.2, 0.25) is 0 Å². The summed E-state index contributed by atoms with van der Waals surface area (Å²) in [7, 11) is 0. The molecule has 0 spiro atoms. The molecule has 0 aromatic heterocycles. The molecule has 0 aliphatic carbocycles. The summed E-state index contributed by atoms with van der Waals surface area (Å²) in [5, 5.41) is 8.64. The van der Waals surface area contributed by atoms with Gasteiger partial charge in [-0.1, -0.05) is 12.1 Å². The number of rotatable bonds is 4. The first-order valence-electron chi connectivity index (χ1n) is 6.64. The summed E-state index contributed by atoms with van der Waals surface area (Å²) >= 11 is 0. The number of nitrogens with one attached hydrogen (secondary N) is 1. The monoisotopic (exact) mass is 262 g/mol. The van der Waals surface area contributed by atoms with E-state index in [0.29, 0.717) is 5.92 Å². The minimum absolute atomic E-state index is 0.00846. The van der Waals surface area contributed by atoms with E-state index in [4.69, 9.17) is 14.7 Å². The van der Waals surface area contributed by atoms with Crippen LogP contribution in [0.25, 0.3) is 0 Å². The molecule has 5 nitrogen and oxygen atoms in total. The van der Waals surface area contributed by atoms with Gasteiger partial charge in [0, 0.05) is 25.3 Å². The van der Waals surface area contributed by atoms with Crippen molar-refractivity contribution in [1.82, 2.24) is 5.48 Å². The van der Waals surface area contributed by atoms with Crippen LogP contribution in [0.15, 0.2) is 23.2 Å². The average molecular weight is 262 g/mol. The highest BCUT2D eigenvalue weighted by Crippen LogP contribution is 2.31. The Morgan fingerprint density at radius 1 is 1.47 bits per heavy atom. The van der Waals surface area contributed by atoms with Crippen LogP contribution in [0.4, 0.5) is 0 Å². The second kappa shape index (κ2) is 5.59. The first-order valence-corrected chi connectivity index (χ1v) is 6.64. The van der Waals surface area contributed by atoms with Crippen molar-refractivity contribution in [3.8, 4) is 5.75 Å². The summed E-state index contributed by atoms with van der Waals surface area (Å²) in [6, 6.07) is 6.42. The SMILES string of the molecule is OCCONC1=NC[C@@H](c2ccc3c(c2)CCO3)C1. The van der Waals surface area contributed by atoms with Gasteiger partial charge in [0.05, 0.1) is 19.8 Å². The minimum atomic E-state index is 0.00846. The van der Waals surface area contributed by atoms with Gasteiger partial charge in [-0.05, 0) is 17.2 Å². The topological polar surface area (TPSA) is 63.1 Å². The molecule has 1 aromatic rings. The zero-order valence-electron chi connectivity index (χ0n) is 10.8. The number of hydroxylamine groups is 1. The molecule has 0 saturated carbocycles. The van der Waals surface area contributed by atoms with Gasteiger partial charge in [-0.15, -0.1) is 0 Å². The van der Waals surface area contributed by atoms with E-state index in [9.17, 15) is 0 Å². The molecule has 2 aliphatic heterocycles. The van der Waals surface area contributed by atoms with Gasteiger partial charge in [0.15, 0.2) is 0 Å². The lowest BCUT2D eigenvalue weighted by atomic mass is 9.95. The van der Waals surface area contributed by atoms with E-state index < -0.39 is 0 Å². The van der Waals surface area contributed by atoms with Crippen molar-refractivity contribution < 1.29 is 14.7 Å². The maximum absolute atomic E-state index is 8.64. The molecule has 1 atom stereocenters. The van der Waals surface area contributed by atoms with Gasteiger partial charge in [0.25, 0.3) is 0 Å². The zero-order valence-corrected chi connectivity index (χ0v) is 10.8. The average Bonchev–Trinajstić information content (AvgIpc) is 3.06. The number of aliphatic hydroxyl groups excluding tert-OH is 1. The molecule has 102 valence electrons. The molecule has 0 fully saturated rings. The third kappa shape index (κ3) is 2.72. The van der Waals surface area contributed by atoms with Crippen molar-refractivity contribution in [2.24, 2.45) is 4.99 Å². The van der Waals surface area contributed by atoms with Crippen LogP contribution in [0.3, 0.4) is 0 Å². The van der Waals surface area contributed by atoms with Gasteiger partial charge in [-0.3, -0.25) is 15.3 Å². The largest absolute Gasteiger partial charge is 0.493 e. The van der Waals surface area contributed by atoms with Crippen LogP contribution in [0.1, 0.15) is 23.5 Å². The molecule has 19 heavy (non-hydrogen) atoms. The Balaban J connectivity index is 1.60.